The van der Waals surface area contributed by atoms with Gasteiger partial charge in [-0.2, -0.15) is 0 Å². The predicted octanol–water partition coefficient (Wildman–Crippen LogP) is 4.21. The number of hydrogen-bond acceptors (Lipinski definition) is 1. The lowest BCUT2D eigenvalue weighted by Gasteiger charge is -2.28. The molecule has 3 rings (SSSR count). The standard InChI is InChI=1S/C18H21N/c1-14-13-18(11-12-19-14)17-9-7-16(8-10-17)15-5-3-2-4-6-15/h2-10,14,18-19H,11-13H2,1H3. The largest absolute Gasteiger partial charge is 0.314 e. The van der Waals surface area contributed by atoms with Crippen LogP contribution in [0.3, 0.4) is 0 Å². The monoisotopic (exact) mass is 251 g/mol. The summed E-state index contributed by atoms with van der Waals surface area (Å²) in [5.74, 6) is 0.723. The summed E-state index contributed by atoms with van der Waals surface area (Å²) in [5, 5.41) is 3.52. The van der Waals surface area contributed by atoms with Gasteiger partial charge in [-0.15, -0.1) is 0 Å². The quantitative estimate of drug-likeness (QED) is 0.843. The van der Waals surface area contributed by atoms with Crippen molar-refractivity contribution in [2.45, 2.75) is 31.7 Å². The molecule has 0 aromatic heterocycles. The van der Waals surface area contributed by atoms with Gasteiger partial charge < -0.3 is 5.32 Å². The molecule has 2 atom stereocenters. The fraction of sp³-hybridized carbons (Fsp3) is 0.333. The Labute approximate surface area is 115 Å². The van der Waals surface area contributed by atoms with Crippen molar-refractivity contribution < 1.29 is 0 Å². The lowest BCUT2D eigenvalue weighted by Crippen LogP contribution is -2.34. The van der Waals surface area contributed by atoms with Crippen molar-refractivity contribution in [2.75, 3.05) is 6.54 Å². The molecule has 1 nitrogen and oxygen atoms in total. The van der Waals surface area contributed by atoms with Gasteiger partial charge in [0, 0.05) is 6.04 Å². The summed E-state index contributed by atoms with van der Waals surface area (Å²) in [5.41, 5.74) is 4.10. The molecule has 1 aliphatic rings. The summed E-state index contributed by atoms with van der Waals surface area (Å²) in [4.78, 5) is 0. The maximum absolute atomic E-state index is 3.52. The van der Waals surface area contributed by atoms with Gasteiger partial charge >= 0.3 is 0 Å². The number of nitrogens with one attached hydrogen (secondary N) is 1. The third-order valence-corrected chi connectivity index (χ3v) is 4.11. The Balaban J connectivity index is 1.79. The van der Waals surface area contributed by atoms with Crippen molar-refractivity contribution in [3.63, 3.8) is 0 Å². The van der Waals surface area contributed by atoms with Crippen LogP contribution in [0.5, 0.6) is 0 Å². The van der Waals surface area contributed by atoms with Crippen LogP contribution in [0.25, 0.3) is 11.1 Å². The maximum atomic E-state index is 3.52. The molecule has 0 bridgehead atoms. The Bertz CT molecular complexity index is 515. The van der Waals surface area contributed by atoms with E-state index in [-0.39, 0.29) is 0 Å². The zero-order valence-electron chi connectivity index (χ0n) is 11.5. The third-order valence-electron chi connectivity index (χ3n) is 4.11. The summed E-state index contributed by atoms with van der Waals surface area (Å²) in [7, 11) is 0. The molecule has 1 heterocycles. The third kappa shape index (κ3) is 2.87. The van der Waals surface area contributed by atoms with E-state index in [2.05, 4.69) is 66.8 Å². The van der Waals surface area contributed by atoms with Crippen LogP contribution in [-0.4, -0.2) is 12.6 Å². The van der Waals surface area contributed by atoms with Gasteiger partial charge in [-0.05, 0) is 48.9 Å². The summed E-state index contributed by atoms with van der Waals surface area (Å²) in [6.07, 6.45) is 2.51. The molecule has 1 N–H and O–H groups in total. The second-order valence-electron chi connectivity index (χ2n) is 5.56. The lowest BCUT2D eigenvalue weighted by atomic mass is 9.86. The van der Waals surface area contributed by atoms with Crippen LogP contribution in [0.4, 0.5) is 0 Å². The van der Waals surface area contributed by atoms with E-state index in [4.69, 9.17) is 0 Å². The molecule has 0 radical (unpaired) electrons. The maximum Gasteiger partial charge on any atom is 0.00445 e. The number of piperidine rings is 1. The molecular formula is C18H21N. The van der Waals surface area contributed by atoms with Gasteiger partial charge in [0.25, 0.3) is 0 Å². The second kappa shape index (κ2) is 5.58. The van der Waals surface area contributed by atoms with Crippen molar-refractivity contribution in [1.29, 1.82) is 0 Å². The van der Waals surface area contributed by atoms with E-state index in [1.165, 1.54) is 29.5 Å². The molecule has 2 aromatic rings. The molecule has 0 amide bonds. The molecule has 19 heavy (non-hydrogen) atoms. The van der Waals surface area contributed by atoms with E-state index >= 15 is 0 Å². The zero-order chi connectivity index (χ0) is 13.1. The summed E-state index contributed by atoms with van der Waals surface area (Å²) in [6, 6.07) is 20.4. The van der Waals surface area contributed by atoms with Gasteiger partial charge in [0.15, 0.2) is 0 Å². The molecule has 1 saturated heterocycles. The van der Waals surface area contributed by atoms with Gasteiger partial charge in [-0.3, -0.25) is 0 Å². The smallest absolute Gasteiger partial charge is 0.00445 e. The highest BCUT2D eigenvalue weighted by atomic mass is 14.9. The molecule has 2 unspecified atom stereocenters. The van der Waals surface area contributed by atoms with Crippen LogP contribution >= 0.6 is 0 Å². The van der Waals surface area contributed by atoms with E-state index in [9.17, 15) is 0 Å². The van der Waals surface area contributed by atoms with Crippen LogP contribution in [0.2, 0.25) is 0 Å². The van der Waals surface area contributed by atoms with Crippen LogP contribution < -0.4 is 5.32 Å². The first-order valence-electron chi connectivity index (χ1n) is 7.22. The molecule has 0 saturated carbocycles. The Kier molecular flexibility index (Phi) is 3.65. The van der Waals surface area contributed by atoms with Gasteiger partial charge in [0.2, 0.25) is 0 Å². The Hall–Kier alpha value is -1.60. The Morgan fingerprint density at radius 1 is 0.895 bits per heavy atom. The second-order valence-corrected chi connectivity index (χ2v) is 5.56. The average Bonchev–Trinajstić information content (AvgIpc) is 2.48. The van der Waals surface area contributed by atoms with Crippen LogP contribution in [0.1, 0.15) is 31.2 Å². The van der Waals surface area contributed by atoms with Crippen LogP contribution in [0, 0.1) is 0 Å². The van der Waals surface area contributed by atoms with Crippen molar-refractivity contribution in [2.24, 2.45) is 0 Å². The first kappa shape index (κ1) is 12.4. The topological polar surface area (TPSA) is 12.0 Å². The fourth-order valence-electron chi connectivity index (χ4n) is 3.01. The molecule has 1 fully saturated rings. The van der Waals surface area contributed by atoms with Crippen molar-refractivity contribution in [3.05, 3.63) is 60.2 Å². The molecule has 0 aliphatic carbocycles. The SMILES string of the molecule is CC1CC(c2ccc(-c3ccccc3)cc2)CCN1. The van der Waals surface area contributed by atoms with Gasteiger partial charge in [0.1, 0.15) is 0 Å². The van der Waals surface area contributed by atoms with Crippen LogP contribution in [0.15, 0.2) is 54.6 Å². The summed E-state index contributed by atoms with van der Waals surface area (Å²) in [6.45, 7) is 3.43. The van der Waals surface area contributed by atoms with Crippen LogP contribution in [-0.2, 0) is 0 Å². The van der Waals surface area contributed by atoms with Crippen molar-refractivity contribution in [3.8, 4) is 11.1 Å². The van der Waals surface area contributed by atoms with Gasteiger partial charge in [0.05, 0.1) is 0 Å². The van der Waals surface area contributed by atoms with E-state index in [1.807, 2.05) is 0 Å². The Morgan fingerprint density at radius 3 is 2.26 bits per heavy atom. The normalized spacial score (nSPS) is 23.2. The summed E-state index contributed by atoms with van der Waals surface area (Å²) < 4.78 is 0. The first-order chi connectivity index (χ1) is 9.33. The highest BCUT2D eigenvalue weighted by molar-refractivity contribution is 5.63. The minimum absolute atomic E-state index is 0.646. The lowest BCUT2D eigenvalue weighted by molar-refractivity contribution is 0.381. The average molecular weight is 251 g/mol. The Morgan fingerprint density at radius 2 is 1.58 bits per heavy atom. The predicted molar refractivity (Wildman–Crippen MR) is 81.3 cm³/mol. The minimum Gasteiger partial charge on any atom is -0.314 e. The molecule has 2 aromatic carbocycles. The number of benzene rings is 2. The fourth-order valence-corrected chi connectivity index (χ4v) is 3.01. The minimum atomic E-state index is 0.646. The molecule has 1 heteroatoms. The van der Waals surface area contributed by atoms with Gasteiger partial charge in [-0.1, -0.05) is 54.6 Å². The van der Waals surface area contributed by atoms with Crippen molar-refractivity contribution >= 4 is 0 Å². The summed E-state index contributed by atoms with van der Waals surface area (Å²) >= 11 is 0. The zero-order valence-corrected chi connectivity index (χ0v) is 11.5. The molecule has 0 spiro atoms. The van der Waals surface area contributed by atoms with E-state index in [1.54, 1.807) is 0 Å². The number of rotatable bonds is 2. The molecule has 98 valence electrons. The van der Waals surface area contributed by atoms with Crippen molar-refractivity contribution in [1.82, 2.24) is 5.32 Å². The van der Waals surface area contributed by atoms with Gasteiger partial charge in [-0.25, -0.2) is 0 Å². The van der Waals surface area contributed by atoms with E-state index in [0.717, 1.165) is 12.5 Å². The highest BCUT2D eigenvalue weighted by Gasteiger charge is 2.19. The highest BCUT2D eigenvalue weighted by Crippen LogP contribution is 2.29. The molecule has 1 aliphatic heterocycles. The molecular weight excluding hydrogens is 230 g/mol. The number of hydrogen-bond donors (Lipinski definition) is 1. The van der Waals surface area contributed by atoms with E-state index in [0.29, 0.717) is 6.04 Å². The van der Waals surface area contributed by atoms with E-state index < -0.39 is 0 Å². The first-order valence-corrected chi connectivity index (χ1v) is 7.22.